The Morgan fingerprint density at radius 1 is 1.33 bits per heavy atom. The van der Waals surface area contributed by atoms with Crippen molar-refractivity contribution in [2.75, 3.05) is 27.2 Å². The molecule has 1 aliphatic rings. The minimum Gasteiger partial charge on any atom is -0.325 e. The van der Waals surface area contributed by atoms with Gasteiger partial charge in [0.15, 0.2) is 0 Å². The molecule has 4 heteroatoms. The number of carbonyl (C=O) groups excluding carboxylic acids is 1. The van der Waals surface area contributed by atoms with Crippen LogP contribution in [0.5, 0.6) is 0 Å². The lowest BCUT2D eigenvalue weighted by atomic mass is 9.91. The fourth-order valence-corrected chi connectivity index (χ4v) is 3.44. The Morgan fingerprint density at radius 3 is 2.43 bits per heavy atom. The average molecular weight is 297 g/mol. The molecule has 0 aromatic carbocycles. The zero-order valence-electron chi connectivity index (χ0n) is 15.1. The number of nitrogens with one attached hydrogen (secondary N) is 1. The summed E-state index contributed by atoms with van der Waals surface area (Å²) in [4.78, 5) is 17.0. The van der Waals surface area contributed by atoms with Crippen molar-refractivity contribution in [3.05, 3.63) is 0 Å². The van der Waals surface area contributed by atoms with Gasteiger partial charge in [-0.25, -0.2) is 0 Å². The number of hydrogen-bond acceptors (Lipinski definition) is 3. The molecule has 4 nitrogen and oxygen atoms in total. The Kier molecular flexibility index (Phi) is 6.67. The van der Waals surface area contributed by atoms with Crippen LogP contribution in [0.25, 0.3) is 0 Å². The number of nitrogens with zero attached hydrogens (tertiary/aromatic N) is 2. The summed E-state index contributed by atoms with van der Waals surface area (Å²) in [5.74, 6) is 0.893. The van der Waals surface area contributed by atoms with E-state index in [0.717, 1.165) is 32.4 Å². The summed E-state index contributed by atoms with van der Waals surface area (Å²) in [6.45, 7) is 12.9. The van der Waals surface area contributed by atoms with E-state index in [-0.39, 0.29) is 17.6 Å². The highest BCUT2D eigenvalue weighted by molar-refractivity contribution is 5.84. The molecule has 1 rings (SSSR count). The van der Waals surface area contributed by atoms with Crippen molar-refractivity contribution in [2.24, 2.45) is 11.3 Å². The number of rotatable bonds is 8. The van der Waals surface area contributed by atoms with E-state index in [4.69, 9.17) is 0 Å². The second kappa shape index (κ2) is 7.59. The third-order valence-corrected chi connectivity index (χ3v) is 3.97. The van der Waals surface area contributed by atoms with Crippen molar-refractivity contribution in [3.8, 4) is 0 Å². The van der Waals surface area contributed by atoms with E-state index >= 15 is 0 Å². The van der Waals surface area contributed by atoms with Crippen LogP contribution in [0.3, 0.4) is 0 Å². The van der Waals surface area contributed by atoms with Gasteiger partial charge in [-0.2, -0.15) is 0 Å². The van der Waals surface area contributed by atoms with Crippen LogP contribution in [0.15, 0.2) is 0 Å². The summed E-state index contributed by atoms with van der Waals surface area (Å²) < 4.78 is 0. The molecule has 1 fully saturated rings. The van der Waals surface area contributed by atoms with E-state index in [1.54, 1.807) is 0 Å². The van der Waals surface area contributed by atoms with Gasteiger partial charge < -0.3 is 9.80 Å². The Hall–Kier alpha value is -0.610. The molecular weight excluding hydrogens is 262 g/mol. The molecule has 0 aromatic heterocycles. The summed E-state index contributed by atoms with van der Waals surface area (Å²) in [6, 6.07) is 0.0221. The van der Waals surface area contributed by atoms with Crippen molar-refractivity contribution in [2.45, 2.75) is 66.1 Å². The Balaban J connectivity index is 2.80. The number of hydrogen-bond donors (Lipinski definition) is 1. The number of amides is 1. The highest BCUT2D eigenvalue weighted by atomic mass is 16.2. The van der Waals surface area contributed by atoms with Crippen LogP contribution in [0.2, 0.25) is 0 Å². The van der Waals surface area contributed by atoms with E-state index < -0.39 is 0 Å². The molecule has 1 amide bonds. The maximum Gasteiger partial charge on any atom is 0.241 e. The van der Waals surface area contributed by atoms with Crippen molar-refractivity contribution in [1.29, 1.82) is 0 Å². The van der Waals surface area contributed by atoms with Gasteiger partial charge in [-0.1, -0.05) is 41.0 Å². The van der Waals surface area contributed by atoms with Crippen LogP contribution >= 0.6 is 0 Å². The van der Waals surface area contributed by atoms with Gasteiger partial charge in [0.25, 0.3) is 0 Å². The molecule has 0 spiro atoms. The average Bonchev–Trinajstić information content (AvgIpc) is 2.55. The van der Waals surface area contributed by atoms with E-state index in [1.165, 1.54) is 0 Å². The van der Waals surface area contributed by atoms with Crippen LogP contribution in [0, 0.1) is 11.3 Å². The second-order valence-corrected chi connectivity index (χ2v) is 8.02. The monoisotopic (exact) mass is 297 g/mol. The third kappa shape index (κ3) is 5.59. The van der Waals surface area contributed by atoms with Gasteiger partial charge in [0.2, 0.25) is 5.91 Å². The first-order valence-corrected chi connectivity index (χ1v) is 8.37. The molecule has 0 aliphatic carbocycles. The molecule has 21 heavy (non-hydrogen) atoms. The van der Waals surface area contributed by atoms with Crippen molar-refractivity contribution < 1.29 is 4.79 Å². The molecule has 0 bridgehead atoms. The Morgan fingerprint density at radius 2 is 1.95 bits per heavy atom. The molecular formula is C17H35N3O. The third-order valence-electron chi connectivity index (χ3n) is 3.97. The van der Waals surface area contributed by atoms with Crippen LogP contribution in [-0.2, 0) is 4.79 Å². The van der Waals surface area contributed by atoms with Gasteiger partial charge in [-0.15, -0.1) is 0 Å². The van der Waals surface area contributed by atoms with Crippen LogP contribution in [0.4, 0.5) is 0 Å². The first kappa shape index (κ1) is 18.4. The van der Waals surface area contributed by atoms with Gasteiger partial charge >= 0.3 is 0 Å². The van der Waals surface area contributed by atoms with Crippen LogP contribution < -0.4 is 5.32 Å². The largest absolute Gasteiger partial charge is 0.325 e. The van der Waals surface area contributed by atoms with E-state index in [9.17, 15) is 4.79 Å². The predicted molar refractivity (Wildman–Crippen MR) is 89.1 cm³/mol. The van der Waals surface area contributed by atoms with E-state index in [0.29, 0.717) is 11.8 Å². The first-order chi connectivity index (χ1) is 9.66. The smallest absolute Gasteiger partial charge is 0.241 e. The lowest BCUT2D eigenvalue weighted by Gasteiger charge is -2.35. The summed E-state index contributed by atoms with van der Waals surface area (Å²) in [5.41, 5.74) is 0.108. The summed E-state index contributed by atoms with van der Waals surface area (Å²) in [7, 11) is 4.19. The minimum atomic E-state index is 0.0221. The topological polar surface area (TPSA) is 35.6 Å². The van der Waals surface area contributed by atoms with E-state index in [1.807, 2.05) is 0 Å². The second-order valence-electron chi connectivity index (χ2n) is 8.02. The molecule has 2 atom stereocenters. The standard InChI is InChI=1S/C17H35N3O/c1-8-9-14-16(21)20(15(18-14)10-13(2)3)12-17(4,5)11-19(6)7/h13-15,18H,8-12H2,1-7H3. The fourth-order valence-electron chi connectivity index (χ4n) is 3.44. The molecule has 0 aromatic rings. The summed E-state index contributed by atoms with van der Waals surface area (Å²) in [5, 5.41) is 3.56. The maximum absolute atomic E-state index is 12.7. The predicted octanol–water partition coefficient (Wildman–Crippen LogP) is 2.55. The molecule has 124 valence electrons. The molecule has 2 unspecified atom stereocenters. The molecule has 1 aliphatic heterocycles. The van der Waals surface area contributed by atoms with Crippen molar-refractivity contribution in [3.63, 3.8) is 0 Å². The van der Waals surface area contributed by atoms with Gasteiger partial charge in [0.05, 0.1) is 12.2 Å². The molecule has 1 saturated heterocycles. The quantitative estimate of drug-likeness (QED) is 0.748. The van der Waals surface area contributed by atoms with Gasteiger partial charge in [0, 0.05) is 13.1 Å². The maximum atomic E-state index is 12.7. The summed E-state index contributed by atoms with van der Waals surface area (Å²) in [6.07, 6.45) is 3.23. The SMILES string of the molecule is CCCC1NC(CC(C)C)N(CC(C)(C)CN(C)C)C1=O. The minimum absolute atomic E-state index is 0.0221. The van der Waals surface area contributed by atoms with E-state index in [2.05, 4.69) is 63.8 Å². The van der Waals surface area contributed by atoms with Gasteiger partial charge in [0.1, 0.15) is 0 Å². The van der Waals surface area contributed by atoms with Gasteiger partial charge in [-0.05, 0) is 38.3 Å². The zero-order valence-corrected chi connectivity index (χ0v) is 15.1. The summed E-state index contributed by atoms with van der Waals surface area (Å²) >= 11 is 0. The molecule has 1 N–H and O–H groups in total. The fraction of sp³-hybridized carbons (Fsp3) is 0.941. The normalized spacial score (nSPS) is 23.7. The lowest BCUT2D eigenvalue weighted by molar-refractivity contribution is -0.131. The van der Waals surface area contributed by atoms with Crippen molar-refractivity contribution in [1.82, 2.24) is 15.1 Å². The number of carbonyl (C=O) groups is 1. The Bertz CT molecular complexity index is 339. The first-order valence-electron chi connectivity index (χ1n) is 8.37. The van der Waals surface area contributed by atoms with Crippen LogP contribution in [0.1, 0.15) is 53.9 Å². The zero-order chi connectivity index (χ0) is 16.2. The lowest BCUT2D eigenvalue weighted by Crippen LogP contribution is -2.46. The van der Waals surface area contributed by atoms with Crippen LogP contribution in [-0.4, -0.2) is 55.1 Å². The highest BCUT2D eigenvalue weighted by Gasteiger charge is 2.40. The molecule has 0 radical (unpaired) electrons. The Labute approximate surface area is 131 Å². The molecule has 0 saturated carbocycles. The van der Waals surface area contributed by atoms with Crippen molar-refractivity contribution >= 4 is 5.91 Å². The highest BCUT2D eigenvalue weighted by Crippen LogP contribution is 2.26. The van der Waals surface area contributed by atoms with Gasteiger partial charge in [-0.3, -0.25) is 10.1 Å². The molecule has 1 heterocycles.